The van der Waals surface area contributed by atoms with Gasteiger partial charge in [-0.25, -0.2) is 4.39 Å². The molecule has 1 unspecified atom stereocenters. The summed E-state index contributed by atoms with van der Waals surface area (Å²) in [6, 6.07) is 9.45. The van der Waals surface area contributed by atoms with Crippen LogP contribution in [-0.2, 0) is 4.79 Å². The number of nitrogens with one attached hydrogen (secondary N) is 1. The van der Waals surface area contributed by atoms with Gasteiger partial charge in [-0.3, -0.25) is 14.9 Å². The second-order valence-electron chi connectivity index (χ2n) is 5.00. The smallest absolute Gasteiger partial charge is 0.311 e. The van der Waals surface area contributed by atoms with E-state index < -0.39 is 28.9 Å². The zero-order valence-corrected chi connectivity index (χ0v) is 13.4. The number of ether oxygens (including phenoxy) is 1. The summed E-state index contributed by atoms with van der Waals surface area (Å²) in [7, 11) is 0. The second-order valence-corrected chi connectivity index (χ2v) is 5.44. The van der Waals surface area contributed by atoms with Crippen LogP contribution in [0.25, 0.3) is 0 Å². The van der Waals surface area contributed by atoms with Gasteiger partial charge in [0, 0.05) is 17.2 Å². The van der Waals surface area contributed by atoms with Gasteiger partial charge in [-0.15, -0.1) is 0 Å². The van der Waals surface area contributed by atoms with Crippen LogP contribution in [0.5, 0.6) is 5.75 Å². The van der Waals surface area contributed by atoms with Crippen LogP contribution in [0.15, 0.2) is 42.5 Å². The maximum atomic E-state index is 13.2. The third-order valence-corrected chi connectivity index (χ3v) is 3.44. The van der Waals surface area contributed by atoms with E-state index >= 15 is 0 Å². The zero-order chi connectivity index (χ0) is 17.7. The normalized spacial score (nSPS) is 11.6. The molecule has 0 spiro atoms. The van der Waals surface area contributed by atoms with Crippen molar-refractivity contribution in [2.75, 3.05) is 6.61 Å². The van der Waals surface area contributed by atoms with Crippen LogP contribution in [0.1, 0.15) is 18.5 Å². The number of halogens is 2. The average Bonchev–Trinajstić information content (AvgIpc) is 2.52. The molecule has 0 aliphatic heterocycles. The molecule has 0 radical (unpaired) electrons. The van der Waals surface area contributed by atoms with E-state index in [2.05, 4.69) is 5.32 Å². The summed E-state index contributed by atoms with van der Waals surface area (Å²) in [4.78, 5) is 22.1. The Bertz CT molecular complexity index is 769. The van der Waals surface area contributed by atoms with Crippen molar-refractivity contribution in [1.82, 2.24) is 5.32 Å². The van der Waals surface area contributed by atoms with Crippen LogP contribution in [0.4, 0.5) is 10.1 Å². The lowest BCUT2D eigenvalue weighted by molar-refractivity contribution is -0.385. The Morgan fingerprint density at radius 3 is 2.79 bits per heavy atom. The molecule has 1 atom stereocenters. The van der Waals surface area contributed by atoms with E-state index in [1.807, 2.05) is 0 Å². The van der Waals surface area contributed by atoms with Gasteiger partial charge < -0.3 is 10.1 Å². The Labute approximate surface area is 142 Å². The predicted molar refractivity (Wildman–Crippen MR) is 86.6 cm³/mol. The Hall–Kier alpha value is -2.67. The highest BCUT2D eigenvalue weighted by Gasteiger charge is 2.18. The summed E-state index contributed by atoms with van der Waals surface area (Å²) in [5.41, 5.74) is 0.389. The third kappa shape index (κ3) is 4.66. The summed E-state index contributed by atoms with van der Waals surface area (Å²) in [5.74, 6) is -1.49. The molecule has 0 aliphatic rings. The van der Waals surface area contributed by atoms with Crippen molar-refractivity contribution in [3.63, 3.8) is 0 Å². The number of benzene rings is 2. The Kier molecular flexibility index (Phi) is 5.70. The van der Waals surface area contributed by atoms with Crippen LogP contribution in [-0.4, -0.2) is 17.4 Å². The SMILES string of the molecule is CC(NC(=O)COc1cc(F)ccc1[N+](=O)[O-])c1cccc(Cl)c1. The van der Waals surface area contributed by atoms with Gasteiger partial charge >= 0.3 is 5.69 Å². The molecule has 2 aromatic carbocycles. The van der Waals surface area contributed by atoms with Gasteiger partial charge in [0.25, 0.3) is 5.91 Å². The maximum Gasteiger partial charge on any atom is 0.311 e. The minimum absolute atomic E-state index is 0.300. The number of nitro groups is 1. The first-order valence-electron chi connectivity index (χ1n) is 6.98. The first-order valence-corrected chi connectivity index (χ1v) is 7.36. The van der Waals surface area contributed by atoms with Gasteiger partial charge in [0.15, 0.2) is 6.61 Å². The third-order valence-electron chi connectivity index (χ3n) is 3.20. The Morgan fingerprint density at radius 1 is 1.38 bits per heavy atom. The molecule has 1 N–H and O–H groups in total. The molecular weight excluding hydrogens is 339 g/mol. The molecule has 0 fully saturated rings. The van der Waals surface area contributed by atoms with Gasteiger partial charge in [0.1, 0.15) is 5.82 Å². The van der Waals surface area contributed by atoms with E-state index in [4.69, 9.17) is 16.3 Å². The fourth-order valence-electron chi connectivity index (χ4n) is 2.04. The molecule has 2 rings (SSSR count). The average molecular weight is 353 g/mol. The topological polar surface area (TPSA) is 81.5 Å². The zero-order valence-electron chi connectivity index (χ0n) is 12.7. The van der Waals surface area contributed by atoms with E-state index in [9.17, 15) is 19.3 Å². The molecule has 6 nitrogen and oxygen atoms in total. The molecular formula is C16H14ClFN2O4. The number of hydrogen-bond donors (Lipinski definition) is 1. The lowest BCUT2D eigenvalue weighted by Gasteiger charge is -2.15. The Balaban J connectivity index is 1.99. The highest BCUT2D eigenvalue weighted by Crippen LogP contribution is 2.27. The number of carbonyl (C=O) groups is 1. The van der Waals surface area contributed by atoms with E-state index in [0.29, 0.717) is 5.02 Å². The van der Waals surface area contributed by atoms with Crippen molar-refractivity contribution in [3.05, 3.63) is 69.0 Å². The fourth-order valence-corrected chi connectivity index (χ4v) is 2.24. The molecule has 0 heterocycles. The number of carbonyl (C=O) groups excluding carboxylic acids is 1. The molecule has 0 aromatic heterocycles. The van der Waals surface area contributed by atoms with Crippen molar-refractivity contribution in [2.45, 2.75) is 13.0 Å². The monoisotopic (exact) mass is 352 g/mol. The van der Waals surface area contributed by atoms with Crippen LogP contribution >= 0.6 is 11.6 Å². The lowest BCUT2D eigenvalue weighted by Crippen LogP contribution is -2.31. The summed E-state index contributed by atoms with van der Waals surface area (Å²) < 4.78 is 18.3. The molecule has 8 heteroatoms. The maximum absolute atomic E-state index is 13.2. The van der Waals surface area contributed by atoms with Gasteiger partial charge in [0.2, 0.25) is 5.75 Å². The first-order chi connectivity index (χ1) is 11.4. The van der Waals surface area contributed by atoms with Crippen LogP contribution in [0.2, 0.25) is 5.02 Å². The number of nitro benzene ring substituents is 1. The summed E-state index contributed by atoms with van der Waals surface area (Å²) in [6.07, 6.45) is 0. The van der Waals surface area contributed by atoms with E-state index in [0.717, 1.165) is 23.8 Å². The van der Waals surface area contributed by atoms with Crippen molar-refractivity contribution in [1.29, 1.82) is 0 Å². The quantitative estimate of drug-likeness (QED) is 0.635. The first kappa shape index (κ1) is 17.7. The fraction of sp³-hybridized carbons (Fsp3) is 0.188. The molecule has 2 aromatic rings. The molecule has 0 saturated carbocycles. The predicted octanol–water partition coefficient (Wildman–Crippen LogP) is 3.64. The van der Waals surface area contributed by atoms with Crippen molar-refractivity contribution >= 4 is 23.2 Å². The van der Waals surface area contributed by atoms with E-state index in [1.54, 1.807) is 31.2 Å². The number of rotatable bonds is 6. The number of nitrogens with zero attached hydrogens (tertiary/aromatic N) is 1. The van der Waals surface area contributed by atoms with Gasteiger partial charge in [-0.1, -0.05) is 23.7 Å². The molecule has 1 amide bonds. The van der Waals surface area contributed by atoms with Gasteiger partial charge in [-0.2, -0.15) is 0 Å². The summed E-state index contributed by atoms with van der Waals surface area (Å²) in [5, 5.41) is 14.1. The Morgan fingerprint density at radius 2 is 2.12 bits per heavy atom. The van der Waals surface area contributed by atoms with Crippen molar-refractivity contribution in [2.24, 2.45) is 0 Å². The summed E-state index contributed by atoms with van der Waals surface area (Å²) in [6.45, 7) is 1.28. The molecule has 0 bridgehead atoms. The highest BCUT2D eigenvalue weighted by atomic mass is 35.5. The summed E-state index contributed by atoms with van der Waals surface area (Å²) >= 11 is 5.89. The molecule has 126 valence electrons. The standard InChI is InChI=1S/C16H14ClFN2O4/c1-10(11-3-2-4-12(17)7-11)19-16(21)9-24-15-8-13(18)5-6-14(15)20(22)23/h2-8,10H,9H2,1H3,(H,19,21). The van der Waals surface area contributed by atoms with Crippen molar-refractivity contribution < 1.29 is 18.8 Å². The van der Waals surface area contributed by atoms with E-state index in [1.165, 1.54) is 0 Å². The lowest BCUT2D eigenvalue weighted by atomic mass is 10.1. The molecule has 0 saturated heterocycles. The van der Waals surface area contributed by atoms with Crippen LogP contribution in [0.3, 0.4) is 0 Å². The molecule has 0 aliphatic carbocycles. The van der Waals surface area contributed by atoms with Crippen LogP contribution < -0.4 is 10.1 Å². The van der Waals surface area contributed by atoms with E-state index in [-0.39, 0.29) is 11.8 Å². The van der Waals surface area contributed by atoms with Gasteiger partial charge in [-0.05, 0) is 30.7 Å². The van der Waals surface area contributed by atoms with Crippen LogP contribution in [0, 0.1) is 15.9 Å². The number of hydrogen-bond acceptors (Lipinski definition) is 4. The highest BCUT2D eigenvalue weighted by molar-refractivity contribution is 6.30. The largest absolute Gasteiger partial charge is 0.477 e. The minimum Gasteiger partial charge on any atom is -0.477 e. The number of amides is 1. The van der Waals surface area contributed by atoms with Crippen molar-refractivity contribution in [3.8, 4) is 5.75 Å². The minimum atomic E-state index is -0.707. The molecule has 24 heavy (non-hydrogen) atoms. The van der Waals surface area contributed by atoms with Gasteiger partial charge in [0.05, 0.1) is 11.0 Å². The second kappa shape index (κ2) is 7.74.